The number of nitrogens with two attached hydrogens (primary N) is 1. The summed E-state index contributed by atoms with van der Waals surface area (Å²) >= 11 is 3.43. The minimum absolute atomic E-state index is 0.0491. The van der Waals surface area contributed by atoms with E-state index in [1.54, 1.807) is 7.11 Å². The number of carbonyl (C=O) groups excluding carboxylic acids is 1. The predicted molar refractivity (Wildman–Crippen MR) is 80.1 cm³/mol. The summed E-state index contributed by atoms with van der Waals surface area (Å²) < 4.78 is 6.04. The number of hydrogen-bond donors (Lipinski definition) is 2. The first-order chi connectivity index (χ1) is 8.73. The van der Waals surface area contributed by atoms with Gasteiger partial charge in [0.15, 0.2) is 0 Å². The van der Waals surface area contributed by atoms with Crippen molar-refractivity contribution in [3.05, 3.63) is 28.2 Å². The van der Waals surface area contributed by atoms with Crippen LogP contribution in [0.15, 0.2) is 22.7 Å². The van der Waals surface area contributed by atoms with Gasteiger partial charge in [-0.05, 0) is 54.4 Å². The van der Waals surface area contributed by atoms with Gasteiger partial charge in [0.25, 0.3) is 0 Å². The van der Waals surface area contributed by atoms with E-state index in [-0.39, 0.29) is 11.9 Å². The van der Waals surface area contributed by atoms with Crippen LogP contribution in [0.2, 0.25) is 0 Å². The van der Waals surface area contributed by atoms with Crippen LogP contribution in [0.4, 0.5) is 0 Å². The van der Waals surface area contributed by atoms with Crippen LogP contribution in [0.3, 0.4) is 0 Å². The maximum atomic E-state index is 11.8. The van der Waals surface area contributed by atoms with E-state index in [2.05, 4.69) is 21.2 Å². The maximum Gasteiger partial charge on any atom is 0.222 e. The molecule has 3 N–H and O–H groups in total. The summed E-state index contributed by atoms with van der Waals surface area (Å²) in [5, 5.41) is 2.94. The van der Waals surface area contributed by atoms with Crippen molar-refractivity contribution in [2.45, 2.75) is 38.8 Å². The molecule has 0 spiro atoms. The highest BCUT2D eigenvalue weighted by molar-refractivity contribution is 9.10. The van der Waals surface area contributed by atoms with Gasteiger partial charge >= 0.3 is 0 Å². The largest absolute Gasteiger partial charge is 0.496 e. The standard InChI is InChI=1S/C14H21BrN2O2/c1-9(17-13(18)8-14(2,3)16)10-5-6-12(19-4)11(15)7-10/h5-7,9H,8,16H2,1-4H3,(H,17,18). The van der Waals surface area contributed by atoms with E-state index in [0.29, 0.717) is 6.42 Å². The maximum absolute atomic E-state index is 11.8. The Balaban J connectivity index is 2.70. The Kier molecular flexibility index (Phi) is 5.38. The van der Waals surface area contributed by atoms with Crippen LogP contribution in [0.25, 0.3) is 0 Å². The number of ether oxygens (including phenoxy) is 1. The van der Waals surface area contributed by atoms with E-state index < -0.39 is 5.54 Å². The van der Waals surface area contributed by atoms with Crippen LogP contribution in [0.1, 0.15) is 38.8 Å². The van der Waals surface area contributed by atoms with Gasteiger partial charge in [0.05, 0.1) is 17.6 Å². The summed E-state index contributed by atoms with van der Waals surface area (Å²) in [4.78, 5) is 11.8. The van der Waals surface area contributed by atoms with E-state index in [1.165, 1.54) is 0 Å². The summed E-state index contributed by atoms with van der Waals surface area (Å²) in [6.45, 7) is 5.61. The Labute approximate surface area is 122 Å². The highest BCUT2D eigenvalue weighted by atomic mass is 79.9. The van der Waals surface area contributed by atoms with Gasteiger partial charge in [-0.3, -0.25) is 4.79 Å². The van der Waals surface area contributed by atoms with Gasteiger partial charge in [-0.1, -0.05) is 6.07 Å². The molecule has 19 heavy (non-hydrogen) atoms. The molecule has 1 unspecified atom stereocenters. The topological polar surface area (TPSA) is 64.3 Å². The molecule has 0 saturated carbocycles. The summed E-state index contributed by atoms with van der Waals surface area (Å²) in [6.07, 6.45) is 0.300. The third-order valence-corrected chi connectivity index (χ3v) is 3.29. The monoisotopic (exact) mass is 328 g/mol. The van der Waals surface area contributed by atoms with Gasteiger partial charge in [-0.15, -0.1) is 0 Å². The van der Waals surface area contributed by atoms with Gasteiger partial charge in [0, 0.05) is 12.0 Å². The van der Waals surface area contributed by atoms with Crippen molar-refractivity contribution in [3.8, 4) is 5.75 Å². The van der Waals surface area contributed by atoms with Gasteiger partial charge in [0.2, 0.25) is 5.91 Å². The van der Waals surface area contributed by atoms with Gasteiger partial charge in [-0.25, -0.2) is 0 Å². The molecule has 0 aliphatic carbocycles. The Bertz CT molecular complexity index is 455. The lowest BCUT2D eigenvalue weighted by Crippen LogP contribution is -2.39. The molecular formula is C14H21BrN2O2. The highest BCUT2D eigenvalue weighted by Crippen LogP contribution is 2.28. The highest BCUT2D eigenvalue weighted by Gasteiger charge is 2.18. The molecule has 4 nitrogen and oxygen atoms in total. The molecule has 0 aliphatic rings. The molecule has 1 rings (SSSR count). The van der Waals surface area contributed by atoms with E-state index in [9.17, 15) is 4.79 Å². The lowest BCUT2D eigenvalue weighted by atomic mass is 10.0. The molecule has 1 aromatic carbocycles. The number of hydrogen-bond acceptors (Lipinski definition) is 3. The molecule has 0 aromatic heterocycles. The first-order valence-electron chi connectivity index (χ1n) is 6.14. The van der Waals surface area contributed by atoms with Gasteiger partial charge in [-0.2, -0.15) is 0 Å². The van der Waals surface area contributed by atoms with Crippen LogP contribution < -0.4 is 15.8 Å². The van der Waals surface area contributed by atoms with Crippen LogP contribution in [-0.2, 0) is 4.79 Å². The summed E-state index contributed by atoms with van der Waals surface area (Å²) in [6, 6.07) is 5.67. The van der Waals surface area contributed by atoms with Crippen molar-refractivity contribution in [1.82, 2.24) is 5.32 Å². The average Bonchev–Trinajstić information content (AvgIpc) is 2.26. The average molecular weight is 329 g/mol. The molecule has 0 saturated heterocycles. The SMILES string of the molecule is COc1ccc(C(C)NC(=O)CC(C)(C)N)cc1Br. The number of halogens is 1. The van der Waals surface area contributed by atoms with Crippen LogP contribution >= 0.6 is 15.9 Å². The van der Waals surface area contributed by atoms with Gasteiger partial charge in [0.1, 0.15) is 5.75 Å². The zero-order valence-corrected chi connectivity index (χ0v) is 13.4. The molecule has 0 fully saturated rings. The van der Waals surface area contributed by atoms with E-state index in [4.69, 9.17) is 10.5 Å². The Morgan fingerprint density at radius 1 is 1.53 bits per heavy atom. The Hall–Kier alpha value is -1.07. The minimum Gasteiger partial charge on any atom is -0.496 e. The minimum atomic E-state index is -0.496. The molecule has 0 aliphatic heterocycles. The first-order valence-corrected chi connectivity index (χ1v) is 6.94. The zero-order chi connectivity index (χ0) is 14.6. The second-order valence-corrected chi connectivity index (χ2v) is 6.20. The van der Waals surface area contributed by atoms with E-state index in [1.807, 2.05) is 39.0 Å². The summed E-state index contributed by atoms with van der Waals surface area (Å²) in [5.41, 5.74) is 6.34. The normalized spacial score (nSPS) is 12.9. The van der Waals surface area contributed by atoms with Gasteiger partial charge < -0.3 is 15.8 Å². The lowest BCUT2D eigenvalue weighted by Gasteiger charge is -2.20. The molecule has 1 aromatic rings. The Morgan fingerprint density at radius 2 is 2.16 bits per heavy atom. The molecule has 1 atom stereocenters. The second kappa shape index (κ2) is 6.39. The Morgan fingerprint density at radius 3 is 2.63 bits per heavy atom. The zero-order valence-electron chi connectivity index (χ0n) is 11.8. The number of carbonyl (C=O) groups is 1. The quantitative estimate of drug-likeness (QED) is 0.873. The summed E-state index contributed by atoms with van der Waals surface area (Å²) in [5.74, 6) is 0.720. The van der Waals surface area contributed by atoms with Crippen molar-refractivity contribution in [1.29, 1.82) is 0 Å². The first kappa shape index (κ1) is 16.0. The van der Waals surface area contributed by atoms with E-state index >= 15 is 0 Å². The smallest absolute Gasteiger partial charge is 0.222 e. The second-order valence-electron chi connectivity index (χ2n) is 5.35. The van der Waals surface area contributed by atoms with Crippen molar-refractivity contribution in [2.24, 2.45) is 5.73 Å². The number of methoxy groups -OCH3 is 1. The molecule has 5 heteroatoms. The summed E-state index contributed by atoms with van der Waals surface area (Å²) in [7, 11) is 1.62. The predicted octanol–water partition coefficient (Wildman–Crippen LogP) is 2.76. The van der Waals surface area contributed by atoms with E-state index in [0.717, 1.165) is 15.8 Å². The third-order valence-electron chi connectivity index (χ3n) is 2.67. The lowest BCUT2D eigenvalue weighted by molar-refractivity contribution is -0.122. The fourth-order valence-electron chi connectivity index (χ4n) is 1.74. The number of amides is 1. The third kappa shape index (κ3) is 5.20. The number of nitrogens with one attached hydrogen (secondary N) is 1. The molecule has 106 valence electrons. The van der Waals surface area contributed by atoms with Crippen molar-refractivity contribution < 1.29 is 9.53 Å². The van der Waals surface area contributed by atoms with Crippen LogP contribution in [0, 0.1) is 0 Å². The van der Waals surface area contributed by atoms with Crippen molar-refractivity contribution in [2.75, 3.05) is 7.11 Å². The van der Waals surface area contributed by atoms with Crippen LogP contribution in [0.5, 0.6) is 5.75 Å². The van der Waals surface area contributed by atoms with Crippen LogP contribution in [-0.4, -0.2) is 18.6 Å². The molecule has 0 bridgehead atoms. The molecular weight excluding hydrogens is 308 g/mol. The van der Waals surface area contributed by atoms with Crippen molar-refractivity contribution in [3.63, 3.8) is 0 Å². The fourth-order valence-corrected chi connectivity index (χ4v) is 2.30. The fraction of sp³-hybridized carbons (Fsp3) is 0.500. The molecule has 1 amide bonds. The number of rotatable bonds is 5. The molecule has 0 heterocycles. The molecule has 0 radical (unpaired) electrons. The number of benzene rings is 1. The van der Waals surface area contributed by atoms with Crippen molar-refractivity contribution >= 4 is 21.8 Å².